The average molecular weight is 992 g/mol. The fourth-order valence-corrected chi connectivity index (χ4v) is 13.8. The molecular weight excluding hydrogens is 935 g/mol. The van der Waals surface area contributed by atoms with Gasteiger partial charge in [0, 0.05) is 39.2 Å². The number of ether oxygens (including phenoxy) is 2. The Kier molecular flexibility index (Phi) is 9.62. The zero-order valence-corrected chi connectivity index (χ0v) is 44.3. The zero-order chi connectivity index (χ0) is 52.0. The molecule has 0 bridgehead atoms. The molecule has 77 heavy (non-hydrogen) atoms. The maximum absolute atomic E-state index is 7.10. The summed E-state index contributed by atoms with van der Waals surface area (Å²) < 4.78 is 13.9. The predicted octanol–water partition coefficient (Wildman–Crippen LogP) is 19.5. The summed E-state index contributed by atoms with van der Waals surface area (Å²) in [5.41, 5.74) is 21.1. The van der Waals surface area contributed by atoms with Crippen LogP contribution >= 0.6 is 0 Å². The van der Waals surface area contributed by atoms with Crippen molar-refractivity contribution < 1.29 is 9.47 Å². The monoisotopic (exact) mass is 991 g/mol. The Labute approximate surface area is 451 Å². The summed E-state index contributed by atoms with van der Waals surface area (Å²) >= 11 is 0. The van der Waals surface area contributed by atoms with Crippen molar-refractivity contribution in [1.29, 1.82) is 0 Å². The van der Waals surface area contributed by atoms with Crippen molar-refractivity contribution in [2.24, 2.45) is 0 Å². The number of para-hydroxylation sites is 3. The maximum atomic E-state index is 7.10. The molecule has 2 spiro atoms. The first-order chi connectivity index (χ1) is 37.4. The molecule has 0 unspecified atom stereocenters. The number of hydrogen-bond acceptors (Lipinski definition) is 3. The molecular formula is C74H57NO2. The van der Waals surface area contributed by atoms with Gasteiger partial charge in [-0.15, -0.1) is 0 Å². The van der Waals surface area contributed by atoms with Crippen LogP contribution in [0.25, 0.3) is 44.2 Å². The third-order valence-corrected chi connectivity index (χ3v) is 17.3. The second kappa shape index (κ2) is 16.3. The van der Waals surface area contributed by atoms with Gasteiger partial charge in [-0.3, -0.25) is 0 Å². The summed E-state index contributed by atoms with van der Waals surface area (Å²) in [5, 5.41) is 2.42. The van der Waals surface area contributed by atoms with Crippen molar-refractivity contribution in [2.45, 2.75) is 63.2 Å². The van der Waals surface area contributed by atoms with E-state index >= 15 is 0 Å². The first-order valence-electron chi connectivity index (χ1n) is 27.1. The van der Waals surface area contributed by atoms with Crippen molar-refractivity contribution in [2.75, 3.05) is 4.90 Å². The SMILES string of the molecule is CC(C)(C)c1ccc2c(c1)C1(c3cc(C(C)(C)C)ccc3O2)c2ccccc2-c2ccc(N(c3ccc4c(c3)C3(c5ccccc5Oc5ccccc53)c3ccccc3-4)c3ccccc3-c3cccc4ccccc34)cc21. The summed E-state index contributed by atoms with van der Waals surface area (Å²) in [6, 6.07) is 88.3. The molecule has 15 rings (SSSR count). The van der Waals surface area contributed by atoms with Gasteiger partial charge in [0.1, 0.15) is 23.0 Å². The van der Waals surface area contributed by atoms with Gasteiger partial charge in [0.2, 0.25) is 0 Å². The molecule has 0 N–H and O–H groups in total. The van der Waals surface area contributed by atoms with Gasteiger partial charge in [0.05, 0.1) is 16.5 Å². The number of anilines is 3. The lowest BCUT2D eigenvalue weighted by Gasteiger charge is -2.41. The lowest BCUT2D eigenvalue weighted by atomic mass is 9.64. The van der Waals surface area contributed by atoms with Crippen LogP contribution in [0.1, 0.15) is 97.2 Å². The standard InChI is InChI=1S/C74H57NO2/c1-71(2,3)47-34-40-69-64(42-47)74(65-43-48(72(4,5)6)35-41-70(65)77-69)59-28-13-10-24-54(59)56-39-37-50(45-63(56)74)75(66-31-16-11-25-57(66)52-26-19-21-46-20-7-8-22-51(46)52)49-36-38-55-53-23-9-12-27-58(53)73(62(55)44-49)60-29-14-17-32-67(60)76-68-33-18-15-30-61(68)73/h7-45H,1-6H3. The van der Waals surface area contributed by atoms with Crippen molar-refractivity contribution in [3.05, 3.63) is 292 Å². The molecule has 0 fully saturated rings. The minimum atomic E-state index is -0.715. The van der Waals surface area contributed by atoms with Crippen LogP contribution in [0.3, 0.4) is 0 Å². The summed E-state index contributed by atoms with van der Waals surface area (Å²) in [5.74, 6) is 3.53. The van der Waals surface area contributed by atoms with Crippen LogP contribution in [0.5, 0.6) is 23.0 Å². The molecule has 0 aromatic heterocycles. The van der Waals surface area contributed by atoms with Crippen molar-refractivity contribution in [1.82, 2.24) is 0 Å². The molecule has 2 heterocycles. The minimum absolute atomic E-state index is 0.106. The molecule has 11 aromatic rings. The summed E-state index contributed by atoms with van der Waals surface area (Å²) in [7, 11) is 0. The lowest BCUT2D eigenvalue weighted by Crippen LogP contribution is -2.33. The Bertz CT molecular complexity index is 4160. The van der Waals surface area contributed by atoms with Crippen molar-refractivity contribution in [3.63, 3.8) is 0 Å². The van der Waals surface area contributed by atoms with Crippen LogP contribution in [-0.2, 0) is 21.7 Å². The topological polar surface area (TPSA) is 21.7 Å². The molecule has 4 aliphatic rings. The molecule has 370 valence electrons. The van der Waals surface area contributed by atoms with E-state index in [9.17, 15) is 0 Å². The molecule has 3 nitrogen and oxygen atoms in total. The van der Waals surface area contributed by atoms with Crippen LogP contribution in [-0.4, -0.2) is 0 Å². The Morgan fingerprint density at radius 2 is 0.701 bits per heavy atom. The number of benzene rings is 11. The Balaban J connectivity index is 1.05. The van der Waals surface area contributed by atoms with Gasteiger partial charge in [-0.2, -0.15) is 0 Å². The minimum Gasteiger partial charge on any atom is -0.457 e. The normalized spacial score (nSPS) is 14.5. The number of hydrogen-bond donors (Lipinski definition) is 0. The first-order valence-corrected chi connectivity index (χ1v) is 27.1. The predicted molar refractivity (Wildman–Crippen MR) is 316 cm³/mol. The van der Waals surface area contributed by atoms with Crippen LogP contribution in [0, 0.1) is 0 Å². The third-order valence-electron chi connectivity index (χ3n) is 17.3. The summed E-state index contributed by atoms with van der Waals surface area (Å²) in [4.78, 5) is 2.54. The number of nitrogens with zero attached hydrogens (tertiary/aromatic N) is 1. The molecule has 0 saturated heterocycles. The zero-order valence-electron chi connectivity index (χ0n) is 44.3. The van der Waals surface area contributed by atoms with E-state index in [0.29, 0.717) is 0 Å². The fourth-order valence-electron chi connectivity index (χ4n) is 13.8. The van der Waals surface area contributed by atoms with E-state index in [1.54, 1.807) is 0 Å². The van der Waals surface area contributed by atoms with E-state index in [-0.39, 0.29) is 10.8 Å². The smallest absolute Gasteiger partial charge is 0.132 e. The molecule has 11 aromatic carbocycles. The van der Waals surface area contributed by atoms with E-state index in [1.165, 1.54) is 83.1 Å². The average Bonchev–Trinajstić information content (AvgIpc) is 4.17. The summed E-state index contributed by atoms with van der Waals surface area (Å²) in [6.45, 7) is 13.9. The van der Waals surface area contributed by atoms with E-state index in [0.717, 1.165) is 56.8 Å². The van der Waals surface area contributed by atoms with E-state index < -0.39 is 10.8 Å². The molecule has 0 saturated carbocycles. The Morgan fingerprint density at radius 3 is 1.25 bits per heavy atom. The fraction of sp³-hybridized carbons (Fsp3) is 0.135. The molecule has 0 atom stereocenters. The first kappa shape index (κ1) is 45.5. The highest BCUT2D eigenvalue weighted by Crippen LogP contribution is 2.65. The van der Waals surface area contributed by atoms with E-state index in [4.69, 9.17) is 9.47 Å². The number of rotatable bonds is 4. The molecule has 2 aliphatic carbocycles. The molecule has 2 aliphatic heterocycles. The van der Waals surface area contributed by atoms with Crippen LogP contribution in [0.4, 0.5) is 17.1 Å². The van der Waals surface area contributed by atoms with Crippen molar-refractivity contribution in [3.8, 4) is 56.4 Å². The third kappa shape index (κ3) is 6.38. The van der Waals surface area contributed by atoms with Crippen LogP contribution in [0.15, 0.2) is 237 Å². The van der Waals surface area contributed by atoms with Gasteiger partial charge < -0.3 is 14.4 Å². The van der Waals surface area contributed by atoms with Gasteiger partial charge in [-0.05, 0) is 150 Å². The maximum Gasteiger partial charge on any atom is 0.132 e. The highest BCUT2D eigenvalue weighted by molar-refractivity contribution is 6.02. The quantitative estimate of drug-likeness (QED) is 0.175. The van der Waals surface area contributed by atoms with Crippen LogP contribution in [0.2, 0.25) is 0 Å². The second-order valence-electron chi connectivity index (χ2n) is 23.5. The largest absolute Gasteiger partial charge is 0.457 e. The van der Waals surface area contributed by atoms with Gasteiger partial charge in [0.25, 0.3) is 0 Å². The van der Waals surface area contributed by atoms with Gasteiger partial charge in [-0.25, -0.2) is 0 Å². The molecule has 0 radical (unpaired) electrons. The van der Waals surface area contributed by atoms with Crippen molar-refractivity contribution >= 4 is 27.8 Å². The number of fused-ring (bicyclic) bond motifs is 19. The van der Waals surface area contributed by atoms with Gasteiger partial charge in [0.15, 0.2) is 0 Å². The Hall–Kier alpha value is -8.92. The van der Waals surface area contributed by atoms with Gasteiger partial charge >= 0.3 is 0 Å². The Morgan fingerprint density at radius 1 is 0.299 bits per heavy atom. The lowest BCUT2D eigenvalue weighted by molar-refractivity contribution is 0.433. The second-order valence-corrected chi connectivity index (χ2v) is 23.5. The highest BCUT2D eigenvalue weighted by atomic mass is 16.5. The van der Waals surface area contributed by atoms with Gasteiger partial charge in [-0.1, -0.05) is 211 Å². The van der Waals surface area contributed by atoms with Crippen LogP contribution < -0.4 is 14.4 Å². The highest BCUT2D eigenvalue weighted by Gasteiger charge is 2.53. The molecule has 0 amide bonds. The van der Waals surface area contributed by atoms with E-state index in [1.807, 2.05) is 0 Å². The van der Waals surface area contributed by atoms with E-state index in [2.05, 4.69) is 283 Å². The molecule has 3 heteroatoms. The summed E-state index contributed by atoms with van der Waals surface area (Å²) in [6.07, 6.45) is 0.